The fourth-order valence-electron chi connectivity index (χ4n) is 2.49. The Kier molecular flexibility index (Phi) is 5.64. The summed E-state index contributed by atoms with van der Waals surface area (Å²) in [6.45, 7) is 3.99. The Hall–Kier alpha value is -1.60. The van der Waals surface area contributed by atoms with Gasteiger partial charge in [0.15, 0.2) is 9.84 Å². The van der Waals surface area contributed by atoms with Crippen LogP contribution in [0.15, 0.2) is 29.2 Å². The lowest BCUT2D eigenvalue weighted by molar-refractivity contribution is 0.179. The van der Waals surface area contributed by atoms with Crippen molar-refractivity contribution >= 4 is 15.9 Å². The summed E-state index contributed by atoms with van der Waals surface area (Å²) in [7, 11) is -1.47. The molecule has 1 aliphatic rings. The lowest BCUT2D eigenvalue weighted by Gasteiger charge is -2.26. The van der Waals surface area contributed by atoms with Crippen LogP contribution in [0.1, 0.15) is 24.9 Å². The van der Waals surface area contributed by atoms with E-state index >= 15 is 0 Å². The average molecular weight is 340 g/mol. The van der Waals surface area contributed by atoms with Gasteiger partial charge in [0.1, 0.15) is 0 Å². The number of amides is 2. The standard InChI is InChI=1S/C16H24N2O4S/c1-12(14-4-6-15(7-5-14)23(3,20)21)18(2)16(19)17-10-13-8-9-22-11-13/h4-7,12-13H,8-11H2,1-3H3,(H,17,19). The summed E-state index contributed by atoms with van der Waals surface area (Å²) in [5, 5.41) is 2.92. The van der Waals surface area contributed by atoms with Gasteiger partial charge < -0.3 is 15.0 Å². The van der Waals surface area contributed by atoms with Gasteiger partial charge in [-0.15, -0.1) is 0 Å². The maximum absolute atomic E-state index is 12.2. The van der Waals surface area contributed by atoms with Crippen LogP contribution in [0.5, 0.6) is 0 Å². The maximum Gasteiger partial charge on any atom is 0.317 e. The van der Waals surface area contributed by atoms with Crippen molar-refractivity contribution in [1.29, 1.82) is 0 Å². The van der Waals surface area contributed by atoms with Crippen molar-refractivity contribution in [1.82, 2.24) is 10.2 Å². The Morgan fingerprint density at radius 1 is 1.39 bits per heavy atom. The van der Waals surface area contributed by atoms with Gasteiger partial charge in [-0.25, -0.2) is 13.2 Å². The number of sulfone groups is 1. The van der Waals surface area contributed by atoms with E-state index < -0.39 is 9.84 Å². The van der Waals surface area contributed by atoms with Crippen LogP contribution in [0.3, 0.4) is 0 Å². The Labute approximate surface area is 137 Å². The lowest BCUT2D eigenvalue weighted by Crippen LogP contribution is -2.40. The van der Waals surface area contributed by atoms with Gasteiger partial charge in [0.25, 0.3) is 0 Å². The number of rotatable bonds is 5. The highest BCUT2D eigenvalue weighted by atomic mass is 32.2. The molecule has 2 atom stereocenters. The van der Waals surface area contributed by atoms with E-state index in [-0.39, 0.29) is 17.0 Å². The fourth-order valence-corrected chi connectivity index (χ4v) is 3.12. The highest BCUT2D eigenvalue weighted by molar-refractivity contribution is 7.90. The number of urea groups is 1. The fraction of sp³-hybridized carbons (Fsp3) is 0.562. The van der Waals surface area contributed by atoms with Crippen molar-refractivity contribution in [3.63, 3.8) is 0 Å². The molecule has 0 bridgehead atoms. The molecule has 1 N–H and O–H groups in total. The van der Waals surface area contributed by atoms with E-state index in [1.54, 1.807) is 36.2 Å². The number of carbonyl (C=O) groups is 1. The van der Waals surface area contributed by atoms with Crippen LogP contribution in [-0.2, 0) is 14.6 Å². The molecule has 7 heteroatoms. The van der Waals surface area contributed by atoms with Crippen LogP contribution in [0, 0.1) is 5.92 Å². The van der Waals surface area contributed by atoms with Crippen molar-refractivity contribution in [3.8, 4) is 0 Å². The van der Waals surface area contributed by atoms with Gasteiger partial charge in [0.2, 0.25) is 0 Å². The third-order valence-corrected chi connectivity index (χ3v) is 5.39. The minimum Gasteiger partial charge on any atom is -0.381 e. The number of ether oxygens (including phenoxy) is 1. The zero-order valence-electron chi connectivity index (χ0n) is 13.8. The van der Waals surface area contributed by atoms with Gasteiger partial charge in [0, 0.05) is 32.4 Å². The van der Waals surface area contributed by atoms with Gasteiger partial charge in [0.05, 0.1) is 17.5 Å². The molecule has 2 amide bonds. The van der Waals surface area contributed by atoms with Crippen LogP contribution in [0.4, 0.5) is 4.79 Å². The van der Waals surface area contributed by atoms with Crippen LogP contribution in [0.25, 0.3) is 0 Å². The first kappa shape index (κ1) is 17.7. The normalized spacial score (nSPS) is 19.3. The molecule has 1 heterocycles. The molecule has 0 aromatic heterocycles. The molecule has 2 rings (SSSR count). The monoisotopic (exact) mass is 340 g/mol. The van der Waals surface area contributed by atoms with Gasteiger partial charge in [-0.05, 0) is 31.0 Å². The van der Waals surface area contributed by atoms with Gasteiger partial charge in [-0.1, -0.05) is 12.1 Å². The third kappa shape index (κ3) is 4.68. The van der Waals surface area contributed by atoms with Gasteiger partial charge in [-0.3, -0.25) is 0 Å². The molecule has 1 saturated heterocycles. The van der Waals surface area contributed by atoms with Crippen molar-refractivity contribution < 1.29 is 17.9 Å². The SMILES string of the molecule is CC(c1ccc(S(C)(=O)=O)cc1)N(C)C(=O)NCC1CCOC1. The van der Waals surface area contributed by atoms with Crippen LogP contribution < -0.4 is 5.32 Å². The third-order valence-electron chi connectivity index (χ3n) is 4.26. The number of hydrogen-bond donors (Lipinski definition) is 1. The molecule has 23 heavy (non-hydrogen) atoms. The molecule has 2 unspecified atom stereocenters. The van der Waals surface area contributed by atoms with E-state index in [0.29, 0.717) is 19.1 Å². The predicted molar refractivity (Wildman–Crippen MR) is 88.1 cm³/mol. The summed E-state index contributed by atoms with van der Waals surface area (Å²) in [4.78, 5) is 14.1. The molecule has 1 aromatic carbocycles. The Morgan fingerprint density at radius 3 is 2.57 bits per heavy atom. The molecule has 0 spiro atoms. The number of carbonyl (C=O) groups excluding carboxylic acids is 1. The molecule has 0 aliphatic carbocycles. The summed E-state index contributed by atoms with van der Waals surface area (Å²) < 4.78 is 28.3. The van der Waals surface area contributed by atoms with E-state index in [0.717, 1.165) is 18.6 Å². The summed E-state index contributed by atoms with van der Waals surface area (Å²) >= 11 is 0. The first-order chi connectivity index (χ1) is 10.8. The summed E-state index contributed by atoms with van der Waals surface area (Å²) in [6, 6.07) is 6.34. The number of nitrogens with zero attached hydrogens (tertiary/aromatic N) is 1. The molecule has 0 saturated carbocycles. The van der Waals surface area contributed by atoms with Crippen molar-refractivity contribution in [3.05, 3.63) is 29.8 Å². The number of nitrogens with one attached hydrogen (secondary N) is 1. The minimum absolute atomic E-state index is 0.142. The summed E-state index contributed by atoms with van der Waals surface area (Å²) in [5.74, 6) is 0.386. The van der Waals surface area contributed by atoms with E-state index in [1.165, 1.54) is 6.26 Å². The van der Waals surface area contributed by atoms with E-state index in [2.05, 4.69) is 5.32 Å². The largest absolute Gasteiger partial charge is 0.381 e. The molecule has 128 valence electrons. The topological polar surface area (TPSA) is 75.7 Å². The molecule has 1 aliphatic heterocycles. The van der Waals surface area contributed by atoms with Crippen LogP contribution >= 0.6 is 0 Å². The summed E-state index contributed by atoms with van der Waals surface area (Å²) in [5.41, 5.74) is 0.888. The van der Waals surface area contributed by atoms with Crippen molar-refractivity contribution in [2.75, 3.05) is 33.1 Å². The van der Waals surface area contributed by atoms with Gasteiger partial charge in [-0.2, -0.15) is 0 Å². The number of hydrogen-bond acceptors (Lipinski definition) is 4. The molecule has 1 fully saturated rings. The van der Waals surface area contributed by atoms with E-state index in [1.807, 2.05) is 6.92 Å². The van der Waals surface area contributed by atoms with Crippen molar-refractivity contribution in [2.24, 2.45) is 5.92 Å². The van der Waals surface area contributed by atoms with Crippen LogP contribution in [0.2, 0.25) is 0 Å². The second-order valence-corrected chi connectivity index (χ2v) is 8.06. The Morgan fingerprint density at radius 2 is 2.04 bits per heavy atom. The van der Waals surface area contributed by atoms with Crippen molar-refractivity contribution in [2.45, 2.75) is 24.3 Å². The Balaban J connectivity index is 1.95. The average Bonchev–Trinajstić information content (AvgIpc) is 3.04. The molecule has 6 nitrogen and oxygen atoms in total. The second kappa shape index (κ2) is 7.31. The minimum atomic E-state index is -3.20. The summed E-state index contributed by atoms with van der Waals surface area (Å²) in [6.07, 6.45) is 2.16. The quantitative estimate of drug-likeness (QED) is 0.887. The molecular formula is C16H24N2O4S. The zero-order chi connectivity index (χ0) is 17.0. The second-order valence-electron chi connectivity index (χ2n) is 6.04. The molecule has 1 aromatic rings. The molecule has 0 radical (unpaired) electrons. The predicted octanol–water partition coefficient (Wildman–Crippen LogP) is 1.83. The first-order valence-electron chi connectivity index (χ1n) is 7.67. The van der Waals surface area contributed by atoms with Gasteiger partial charge >= 0.3 is 6.03 Å². The highest BCUT2D eigenvalue weighted by Gasteiger charge is 2.21. The molecular weight excluding hydrogens is 316 g/mol. The van der Waals surface area contributed by atoms with Crippen LogP contribution in [-0.4, -0.2) is 52.4 Å². The maximum atomic E-state index is 12.2. The smallest absolute Gasteiger partial charge is 0.317 e. The first-order valence-corrected chi connectivity index (χ1v) is 9.56. The zero-order valence-corrected chi connectivity index (χ0v) is 14.6. The van der Waals surface area contributed by atoms with E-state index in [4.69, 9.17) is 4.74 Å². The highest BCUT2D eigenvalue weighted by Crippen LogP contribution is 2.21. The van der Waals surface area contributed by atoms with E-state index in [9.17, 15) is 13.2 Å². The Bertz CT molecular complexity index is 637. The number of benzene rings is 1. The lowest BCUT2D eigenvalue weighted by atomic mass is 10.1.